The van der Waals surface area contributed by atoms with Gasteiger partial charge in [0.1, 0.15) is 0 Å². The van der Waals surface area contributed by atoms with Gasteiger partial charge in [0, 0.05) is 11.3 Å². The van der Waals surface area contributed by atoms with Gasteiger partial charge in [0.2, 0.25) is 0 Å². The fourth-order valence-electron chi connectivity index (χ4n) is 3.49. The molecular formula is C25H21N5O3S. The zero-order chi connectivity index (χ0) is 23.5. The van der Waals surface area contributed by atoms with Crippen molar-refractivity contribution in [3.05, 3.63) is 77.7 Å². The molecule has 1 amide bonds. The number of anilines is 1. The Morgan fingerprint density at radius 1 is 1.03 bits per heavy atom. The number of nitrogens with zero attached hydrogens (tertiary/aromatic N) is 4. The van der Waals surface area contributed by atoms with Gasteiger partial charge in [0.25, 0.3) is 5.91 Å². The fourth-order valence-corrected chi connectivity index (χ4v) is 4.19. The van der Waals surface area contributed by atoms with E-state index in [9.17, 15) is 4.79 Å². The van der Waals surface area contributed by atoms with Crippen molar-refractivity contribution in [2.24, 2.45) is 0 Å². The first kappa shape index (κ1) is 21.6. The highest BCUT2D eigenvalue weighted by Gasteiger charge is 2.13. The molecule has 0 unspecified atom stereocenters. The Labute approximate surface area is 199 Å². The SMILES string of the molecule is COc1cc(C)ccc1OCC(=O)Nc1cccc(-c2ccc3nnc(-c4cccs4)n3n2)c1. The maximum Gasteiger partial charge on any atom is 0.262 e. The highest BCUT2D eigenvalue weighted by Crippen LogP contribution is 2.28. The van der Waals surface area contributed by atoms with E-state index in [1.807, 2.05) is 73.0 Å². The lowest BCUT2D eigenvalue weighted by Gasteiger charge is -2.12. The minimum Gasteiger partial charge on any atom is -0.493 e. The average molecular weight is 472 g/mol. The summed E-state index contributed by atoms with van der Waals surface area (Å²) in [5.41, 5.74) is 3.95. The molecule has 0 saturated heterocycles. The van der Waals surface area contributed by atoms with Crippen LogP contribution in [0.25, 0.3) is 27.6 Å². The highest BCUT2D eigenvalue weighted by molar-refractivity contribution is 7.13. The van der Waals surface area contributed by atoms with Gasteiger partial charge in [-0.25, -0.2) is 0 Å². The first-order chi connectivity index (χ1) is 16.6. The Hall–Kier alpha value is -4.24. The summed E-state index contributed by atoms with van der Waals surface area (Å²) in [6.45, 7) is 1.82. The summed E-state index contributed by atoms with van der Waals surface area (Å²) < 4.78 is 12.7. The molecule has 0 fully saturated rings. The van der Waals surface area contributed by atoms with Crippen molar-refractivity contribution in [3.63, 3.8) is 0 Å². The van der Waals surface area contributed by atoms with Crippen LogP contribution in [0.3, 0.4) is 0 Å². The lowest BCUT2D eigenvalue weighted by Crippen LogP contribution is -2.20. The van der Waals surface area contributed by atoms with Crippen LogP contribution in [-0.2, 0) is 4.79 Å². The number of nitrogens with one attached hydrogen (secondary N) is 1. The molecule has 0 spiro atoms. The van der Waals surface area contributed by atoms with Crippen LogP contribution >= 0.6 is 11.3 Å². The van der Waals surface area contributed by atoms with Gasteiger partial charge in [-0.05, 0) is 60.3 Å². The number of amides is 1. The van der Waals surface area contributed by atoms with E-state index in [1.54, 1.807) is 29.0 Å². The van der Waals surface area contributed by atoms with E-state index < -0.39 is 0 Å². The van der Waals surface area contributed by atoms with E-state index in [0.717, 1.165) is 21.7 Å². The number of hydrogen-bond donors (Lipinski definition) is 1. The summed E-state index contributed by atoms with van der Waals surface area (Å²) in [5.74, 6) is 1.53. The molecule has 0 radical (unpaired) electrons. The van der Waals surface area contributed by atoms with E-state index in [1.165, 1.54) is 0 Å². The molecule has 5 rings (SSSR count). The van der Waals surface area contributed by atoms with Crippen molar-refractivity contribution in [3.8, 4) is 33.5 Å². The first-order valence-electron chi connectivity index (χ1n) is 10.5. The number of thiophene rings is 1. The normalized spacial score (nSPS) is 10.9. The molecule has 0 saturated carbocycles. The number of fused-ring (bicyclic) bond motifs is 1. The fraction of sp³-hybridized carbons (Fsp3) is 0.120. The number of methoxy groups -OCH3 is 1. The van der Waals surface area contributed by atoms with Crippen molar-refractivity contribution in [2.75, 3.05) is 19.0 Å². The van der Waals surface area contributed by atoms with Gasteiger partial charge in [-0.1, -0.05) is 24.3 Å². The molecular weight excluding hydrogens is 450 g/mol. The summed E-state index contributed by atoms with van der Waals surface area (Å²) in [7, 11) is 1.57. The monoisotopic (exact) mass is 471 g/mol. The molecule has 0 atom stereocenters. The summed E-state index contributed by atoms with van der Waals surface area (Å²) >= 11 is 1.58. The van der Waals surface area contributed by atoms with Gasteiger partial charge >= 0.3 is 0 Å². The lowest BCUT2D eigenvalue weighted by molar-refractivity contribution is -0.118. The number of aromatic nitrogens is 4. The van der Waals surface area contributed by atoms with Crippen LogP contribution in [0.5, 0.6) is 11.5 Å². The molecule has 3 aromatic heterocycles. The Morgan fingerprint density at radius 3 is 2.76 bits per heavy atom. The maximum atomic E-state index is 12.5. The van der Waals surface area contributed by atoms with Gasteiger partial charge in [-0.3, -0.25) is 4.79 Å². The van der Waals surface area contributed by atoms with Crippen LogP contribution < -0.4 is 14.8 Å². The highest BCUT2D eigenvalue weighted by atomic mass is 32.1. The molecule has 0 aliphatic rings. The van der Waals surface area contributed by atoms with E-state index >= 15 is 0 Å². The number of carbonyl (C=O) groups is 1. The van der Waals surface area contributed by atoms with Crippen LogP contribution in [0.4, 0.5) is 5.69 Å². The smallest absolute Gasteiger partial charge is 0.262 e. The average Bonchev–Trinajstić information content (AvgIpc) is 3.52. The van der Waals surface area contributed by atoms with Gasteiger partial charge in [-0.15, -0.1) is 21.5 Å². The number of hydrogen-bond acceptors (Lipinski definition) is 7. The van der Waals surface area contributed by atoms with Gasteiger partial charge in [0.15, 0.2) is 29.6 Å². The van der Waals surface area contributed by atoms with E-state index in [2.05, 4.69) is 15.5 Å². The van der Waals surface area contributed by atoms with Crippen LogP contribution in [0.15, 0.2) is 72.1 Å². The minimum atomic E-state index is -0.276. The van der Waals surface area contributed by atoms with Crippen molar-refractivity contribution < 1.29 is 14.3 Å². The van der Waals surface area contributed by atoms with Gasteiger partial charge in [0.05, 0.1) is 17.7 Å². The maximum absolute atomic E-state index is 12.5. The molecule has 170 valence electrons. The molecule has 1 N–H and O–H groups in total. The number of carbonyl (C=O) groups excluding carboxylic acids is 1. The van der Waals surface area contributed by atoms with Crippen LogP contribution in [0.2, 0.25) is 0 Å². The number of rotatable bonds is 7. The second-order valence-electron chi connectivity index (χ2n) is 7.56. The predicted molar refractivity (Wildman–Crippen MR) is 131 cm³/mol. The third kappa shape index (κ3) is 4.46. The van der Waals surface area contributed by atoms with Crippen molar-refractivity contribution in [1.82, 2.24) is 19.8 Å². The molecule has 0 aliphatic heterocycles. The number of ether oxygens (including phenoxy) is 2. The van der Waals surface area contributed by atoms with Gasteiger partial charge in [-0.2, -0.15) is 9.61 Å². The second kappa shape index (κ2) is 9.32. The quantitative estimate of drug-likeness (QED) is 0.365. The van der Waals surface area contributed by atoms with E-state index in [0.29, 0.717) is 28.7 Å². The molecule has 2 aromatic carbocycles. The minimum absolute atomic E-state index is 0.140. The third-order valence-electron chi connectivity index (χ3n) is 5.12. The third-order valence-corrected chi connectivity index (χ3v) is 5.99. The van der Waals surface area contributed by atoms with Crippen molar-refractivity contribution in [1.29, 1.82) is 0 Å². The zero-order valence-electron chi connectivity index (χ0n) is 18.6. The molecule has 0 bridgehead atoms. The van der Waals surface area contributed by atoms with Crippen molar-refractivity contribution >= 4 is 28.6 Å². The summed E-state index contributed by atoms with van der Waals surface area (Å²) in [5, 5.41) is 18.1. The van der Waals surface area contributed by atoms with Crippen LogP contribution in [-0.4, -0.2) is 39.4 Å². The Morgan fingerprint density at radius 2 is 1.94 bits per heavy atom. The second-order valence-corrected chi connectivity index (χ2v) is 8.51. The van der Waals surface area contributed by atoms with Gasteiger partial charge < -0.3 is 14.8 Å². The van der Waals surface area contributed by atoms with Crippen molar-refractivity contribution in [2.45, 2.75) is 6.92 Å². The Kier molecular flexibility index (Phi) is 5.92. The van der Waals surface area contributed by atoms with Crippen LogP contribution in [0.1, 0.15) is 5.56 Å². The number of benzene rings is 2. The standard InChI is InChI=1S/C25H21N5O3S/c1-16-8-10-20(21(13-16)32-2)33-15-24(31)26-18-6-3-5-17(14-18)19-9-11-23-27-28-25(30(23)29-19)22-7-4-12-34-22/h3-14H,15H2,1-2H3,(H,26,31). The summed E-state index contributed by atoms with van der Waals surface area (Å²) in [6.07, 6.45) is 0. The summed E-state index contributed by atoms with van der Waals surface area (Å²) in [6, 6.07) is 20.8. The topological polar surface area (TPSA) is 90.6 Å². The lowest BCUT2D eigenvalue weighted by atomic mass is 10.1. The Balaban J connectivity index is 1.32. The molecule has 5 aromatic rings. The van der Waals surface area contributed by atoms with E-state index in [-0.39, 0.29) is 12.5 Å². The molecule has 0 aliphatic carbocycles. The molecule has 8 nitrogen and oxygen atoms in total. The van der Waals surface area contributed by atoms with E-state index in [4.69, 9.17) is 14.6 Å². The first-order valence-corrected chi connectivity index (χ1v) is 11.4. The van der Waals surface area contributed by atoms with Crippen LogP contribution in [0, 0.1) is 6.92 Å². The Bertz CT molecular complexity index is 1460. The molecule has 9 heteroatoms. The summed E-state index contributed by atoms with van der Waals surface area (Å²) in [4.78, 5) is 13.5. The number of aryl methyl sites for hydroxylation is 1. The largest absolute Gasteiger partial charge is 0.493 e. The zero-order valence-corrected chi connectivity index (χ0v) is 19.4. The molecule has 3 heterocycles. The predicted octanol–water partition coefficient (Wildman–Crippen LogP) is 4.85. The molecule has 34 heavy (non-hydrogen) atoms.